The molecule has 0 saturated carbocycles. The van der Waals surface area contributed by atoms with Gasteiger partial charge in [-0.3, -0.25) is 9.78 Å². The number of hydrogen-bond donors (Lipinski definition) is 1. The third-order valence-electron chi connectivity index (χ3n) is 4.25. The largest absolute Gasteiger partial charge is 0.326 e. The topological polar surface area (TPSA) is 45.8 Å². The van der Waals surface area contributed by atoms with Crippen molar-refractivity contribution in [3.63, 3.8) is 0 Å². The zero-order valence-electron chi connectivity index (χ0n) is 12.8. The minimum absolute atomic E-state index is 0.0313. The highest BCUT2D eigenvalue weighted by molar-refractivity contribution is 5.87. The zero-order chi connectivity index (χ0) is 15.8. The molecule has 0 bridgehead atoms. The lowest BCUT2D eigenvalue weighted by Crippen LogP contribution is -2.15. The van der Waals surface area contributed by atoms with Crippen LogP contribution < -0.4 is 5.56 Å². The number of benzene rings is 2. The number of aromatic nitrogens is 2. The summed E-state index contributed by atoms with van der Waals surface area (Å²) in [6.07, 6.45) is 0.529. The molecule has 0 radical (unpaired) electrons. The molecule has 0 unspecified atom stereocenters. The van der Waals surface area contributed by atoms with E-state index in [1.807, 2.05) is 61.5 Å². The van der Waals surface area contributed by atoms with Gasteiger partial charge in [0.2, 0.25) is 0 Å². The second kappa shape index (κ2) is 5.36. The van der Waals surface area contributed by atoms with Gasteiger partial charge in [0.25, 0.3) is 5.56 Å². The van der Waals surface area contributed by atoms with Crippen molar-refractivity contribution in [2.75, 3.05) is 0 Å². The third kappa shape index (κ3) is 2.40. The molecule has 3 heteroatoms. The van der Waals surface area contributed by atoms with Crippen molar-refractivity contribution in [1.82, 2.24) is 9.97 Å². The maximum Gasteiger partial charge on any atom is 0.252 e. The Bertz CT molecular complexity index is 1080. The number of nitrogens with zero attached hydrogens (tertiary/aromatic N) is 1. The second-order valence-corrected chi connectivity index (χ2v) is 5.78. The number of H-pyrrole nitrogens is 1. The number of aromatic amines is 1. The smallest absolute Gasteiger partial charge is 0.252 e. The summed E-state index contributed by atoms with van der Waals surface area (Å²) in [6.45, 7) is 1.93. The lowest BCUT2D eigenvalue weighted by Gasteiger charge is -2.08. The first kappa shape index (κ1) is 13.7. The third-order valence-corrected chi connectivity index (χ3v) is 4.25. The normalized spacial score (nSPS) is 11.2. The Hall–Kier alpha value is -2.94. The maximum atomic E-state index is 12.4. The van der Waals surface area contributed by atoms with Gasteiger partial charge in [-0.1, -0.05) is 48.5 Å². The number of nitrogens with one attached hydrogen (secondary N) is 1. The maximum absolute atomic E-state index is 12.4. The van der Waals surface area contributed by atoms with Crippen LogP contribution in [0.3, 0.4) is 0 Å². The molecule has 0 fully saturated rings. The van der Waals surface area contributed by atoms with E-state index in [1.54, 1.807) is 0 Å². The van der Waals surface area contributed by atoms with Crippen molar-refractivity contribution >= 4 is 21.7 Å². The van der Waals surface area contributed by atoms with Crippen LogP contribution in [0.4, 0.5) is 0 Å². The molecule has 0 saturated heterocycles. The predicted molar refractivity (Wildman–Crippen MR) is 93.9 cm³/mol. The van der Waals surface area contributed by atoms with Gasteiger partial charge in [0.1, 0.15) is 0 Å². The van der Waals surface area contributed by atoms with Crippen LogP contribution in [0.5, 0.6) is 0 Å². The van der Waals surface area contributed by atoms with Gasteiger partial charge >= 0.3 is 0 Å². The second-order valence-electron chi connectivity index (χ2n) is 5.78. The summed E-state index contributed by atoms with van der Waals surface area (Å²) in [4.78, 5) is 20.1. The Morgan fingerprint density at radius 2 is 1.65 bits per heavy atom. The van der Waals surface area contributed by atoms with E-state index in [1.165, 1.54) is 0 Å². The van der Waals surface area contributed by atoms with E-state index in [2.05, 4.69) is 16.0 Å². The summed E-state index contributed by atoms with van der Waals surface area (Å²) in [5.74, 6) is 0. The molecule has 2 heterocycles. The van der Waals surface area contributed by atoms with Crippen LogP contribution in [0.2, 0.25) is 0 Å². The fourth-order valence-corrected chi connectivity index (χ4v) is 3.07. The summed E-state index contributed by atoms with van der Waals surface area (Å²) in [7, 11) is 0. The predicted octanol–water partition coefficient (Wildman–Crippen LogP) is 3.98. The van der Waals surface area contributed by atoms with Gasteiger partial charge in [-0.2, -0.15) is 0 Å². The fourth-order valence-electron chi connectivity index (χ4n) is 3.07. The van der Waals surface area contributed by atoms with Crippen molar-refractivity contribution in [3.05, 3.63) is 88.0 Å². The molecule has 0 aliphatic carbocycles. The summed E-state index contributed by atoms with van der Waals surface area (Å²) in [6, 6.07) is 20.1. The Morgan fingerprint density at radius 1 is 0.913 bits per heavy atom. The lowest BCUT2D eigenvalue weighted by molar-refractivity contribution is 1.05. The first-order chi connectivity index (χ1) is 11.2. The van der Waals surface area contributed by atoms with E-state index in [0.717, 1.165) is 38.6 Å². The molecular weight excluding hydrogens is 284 g/mol. The number of rotatable bonds is 2. The van der Waals surface area contributed by atoms with Crippen molar-refractivity contribution in [2.24, 2.45) is 0 Å². The summed E-state index contributed by atoms with van der Waals surface area (Å²) >= 11 is 0. The van der Waals surface area contributed by atoms with E-state index in [-0.39, 0.29) is 5.56 Å². The molecule has 3 nitrogen and oxygen atoms in total. The van der Waals surface area contributed by atoms with Crippen LogP contribution >= 0.6 is 0 Å². The summed E-state index contributed by atoms with van der Waals surface area (Å²) in [5.41, 5.74) is 3.51. The molecule has 2 aromatic heterocycles. The number of hydrogen-bond acceptors (Lipinski definition) is 2. The molecule has 0 aliphatic rings. The van der Waals surface area contributed by atoms with Gasteiger partial charge in [0.05, 0.1) is 5.52 Å². The van der Waals surface area contributed by atoms with Crippen LogP contribution in [-0.2, 0) is 6.42 Å². The van der Waals surface area contributed by atoms with Gasteiger partial charge in [-0.25, -0.2) is 0 Å². The molecule has 23 heavy (non-hydrogen) atoms. The first-order valence-electron chi connectivity index (χ1n) is 7.67. The van der Waals surface area contributed by atoms with Crippen molar-refractivity contribution in [1.29, 1.82) is 0 Å². The van der Waals surface area contributed by atoms with Crippen molar-refractivity contribution in [3.8, 4) is 0 Å². The minimum atomic E-state index is -0.0313. The fraction of sp³-hybridized carbons (Fsp3) is 0.100. The number of pyridine rings is 2. The molecule has 1 N–H and O–H groups in total. The Balaban J connectivity index is 1.87. The highest BCUT2D eigenvalue weighted by Crippen LogP contribution is 2.21. The average Bonchev–Trinajstić information content (AvgIpc) is 2.58. The van der Waals surface area contributed by atoms with Crippen LogP contribution in [0.15, 0.2) is 65.5 Å². The number of fused-ring (bicyclic) bond motifs is 2. The zero-order valence-corrected chi connectivity index (χ0v) is 12.8. The quantitative estimate of drug-likeness (QED) is 0.608. The molecular formula is C20H16N2O. The Labute approximate surface area is 133 Å². The molecule has 0 spiro atoms. The molecule has 0 amide bonds. The molecule has 2 aromatic carbocycles. The van der Waals surface area contributed by atoms with E-state index in [4.69, 9.17) is 0 Å². The first-order valence-corrected chi connectivity index (χ1v) is 7.67. The van der Waals surface area contributed by atoms with Gasteiger partial charge < -0.3 is 4.98 Å². The van der Waals surface area contributed by atoms with E-state index in [0.29, 0.717) is 6.42 Å². The molecule has 0 aliphatic heterocycles. The number of para-hydroxylation sites is 1. The molecule has 0 atom stereocenters. The molecule has 4 aromatic rings. The lowest BCUT2D eigenvalue weighted by atomic mass is 10.0. The standard InChI is InChI=1S/C20H16N2O/c1-13-16-7-3-4-8-17(16)18(20(23)21-13)12-15-11-10-14-6-2-5-9-19(14)22-15/h2-11H,12H2,1H3,(H,21,23). The van der Waals surface area contributed by atoms with Crippen LogP contribution in [-0.4, -0.2) is 9.97 Å². The van der Waals surface area contributed by atoms with E-state index in [9.17, 15) is 4.79 Å². The summed E-state index contributed by atoms with van der Waals surface area (Å²) in [5, 5.41) is 3.20. The monoisotopic (exact) mass is 300 g/mol. The van der Waals surface area contributed by atoms with Crippen molar-refractivity contribution in [2.45, 2.75) is 13.3 Å². The summed E-state index contributed by atoms with van der Waals surface area (Å²) < 4.78 is 0. The van der Waals surface area contributed by atoms with Crippen molar-refractivity contribution < 1.29 is 0 Å². The minimum Gasteiger partial charge on any atom is -0.326 e. The Kier molecular flexibility index (Phi) is 3.19. The SMILES string of the molecule is Cc1[nH]c(=O)c(Cc2ccc3ccccc3n2)c2ccccc12. The highest BCUT2D eigenvalue weighted by Gasteiger charge is 2.10. The molecule has 4 rings (SSSR count). The average molecular weight is 300 g/mol. The van der Waals surface area contributed by atoms with Gasteiger partial charge in [0, 0.05) is 34.1 Å². The Morgan fingerprint density at radius 3 is 2.52 bits per heavy atom. The number of aryl methyl sites for hydroxylation is 1. The van der Waals surface area contributed by atoms with E-state index < -0.39 is 0 Å². The van der Waals surface area contributed by atoms with Gasteiger partial charge in [-0.15, -0.1) is 0 Å². The molecule has 112 valence electrons. The van der Waals surface area contributed by atoms with Crippen LogP contribution in [0.1, 0.15) is 17.0 Å². The van der Waals surface area contributed by atoms with E-state index >= 15 is 0 Å². The van der Waals surface area contributed by atoms with Gasteiger partial charge in [-0.05, 0) is 24.4 Å². The highest BCUT2D eigenvalue weighted by atomic mass is 16.1. The van der Waals surface area contributed by atoms with Crippen LogP contribution in [0, 0.1) is 6.92 Å². The van der Waals surface area contributed by atoms with Crippen LogP contribution in [0.25, 0.3) is 21.7 Å². The van der Waals surface area contributed by atoms with Gasteiger partial charge in [0.15, 0.2) is 0 Å².